The van der Waals surface area contributed by atoms with E-state index in [0.29, 0.717) is 22.0 Å². The third kappa shape index (κ3) is 5.10. The Balaban J connectivity index is 1.56. The molecule has 3 N–H and O–H groups in total. The molecule has 0 atom stereocenters. The number of rotatable bonds is 6. The highest BCUT2D eigenvalue weighted by Gasteiger charge is 2.16. The summed E-state index contributed by atoms with van der Waals surface area (Å²) in [5.41, 5.74) is 3.27. The van der Waals surface area contributed by atoms with Gasteiger partial charge in [-0.1, -0.05) is 0 Å². The lowest BCUT2D eigenvalue weighted by Gasteiger charge is -2.16. The number of aryl methyl sites for hydroxylation is 2. The first kappa shape index (κ1) is 20.3. The molecule has 1 amide bonds. The number of nitriles is 1. The van der Waals surface area contributed by atoms with E-state index in [4.69, 9.17) is 5.14 Å². The van der Waals surface area contributed by atoms with Gasteiger partial charge in [-0.3, -0.25) is 4.79 Å². The fraction of sp³-hybridized carbons (Fsp3) is 0.316. The van der Waals surface area contributed by atoms with Gasteiger partial charge in [-0.2, -0.15) is 5.26 Å². The zero-order chi connectivity index (χ0) is 20.1. The smallest absolute Gasteiger partial charge is 0.238 e. The fourth-order valence-corrected chi connectivity index (χ4v) is 4.43. The van der Waals surface area contributed by atoms with E-state index in [-0.39, 0.29) is 17.2 Å². The third-order valence-corrected chi connectivity index (χ3v) is 6.34. The van der Waals surface area contributed by atoms with Gasteiger partial charge in [0.2, 0.25) is 15.9 Å². The van der Waals surface area contributed by atoms with Crippen LogP contribution in [0.15, 0.2) is 40.3 Å². The molecular weight excluding hydrogens is 396 g/mol. The number of benzene rings is 1. The molecule has 1 aromatic carbocycles. The number of amides is 1. The van der Waals surface area contributed by atoms with Gasteiger partial charge in [0.05, 0.1) is 10.5 Å². The summed E-state index contributed by atoms with van der Waals surface area (Å²) in [5.74, 6) is 0.286. The van der Waals surface area contributed by atoms with Crippen molar-refractivity contribution < 1.29 is 13.2 Å². The standard InChI is InChI=1S/C19H20N4O3S2/c20-12-14-11-13-3-1-2-4-17(13)23-19(14)27-10-9-18(24)22-15-5-7-16(8-6-15)28(21,25)26/h5-8,11H,1-4,9-10H2,(H,22,24)(H2,21,25,26). The number of fused-ring (bicyclic) bond motifs is 1. The highest BCUT2D eigenvalue weighted by Crippen LogP contribution is 2.27. The summed E-state index contributed by atoms with van der Waals surface area (Å²) in [5, 5.41) is 17.8. The first-order valence-electron chi connectivity index (χ1n) is 8.85. The third-order valence-electron chi connectivity index (χ3n) is 4.42. The number of anilines is 1. The molecule has 0 radical (unpaired) electrons. The molecule has 1 aromatic heterocycles. The van der Waals surface area contributed by atoms with Crippen LogP contribution < -0.4 is 10.5 Å². The van der Waals surface area contributed by atoms with Crippen LogP contribution in [0, 0.1) is 11.3 Å². The van der Waals surface area contributed by atoms with Gasteiger partial charge in [-0.05, 0) is 61.6 Å². The lowest BCUT2D eigenvalue weighted by molar-refractivity contribution is -0.115. The second-order valence-electron chi connectivity index (χ2n) is 6.48. The minimum Gasteiger partial charge on any atom is -0.326 e. The van der Waals surface area contributed by atoms with Gasteiger partial charge >= 0.3 is 0 Å². The predicted octanol–water partition coefficient (Wildman–Crippen LogP) is 2.60. The van der Waals surface area contributed by atoms with E-state index >= 15 is 0 Å². The summed E-state index contributed by atoms with van der Waals surface area (Å²) in [4.78, 5) is 16.7. The highest BCUT2D eigenvalue weighted by molar-refractivity contribution is 7.99. The Morgan fingerprint density at radius 1 is 1.25 bits per heavy atom. The molecule has 2 aromatic rings. The Kier molecular flexibility index (Phi) is 6.34. The predicted molar refractivity (Wildman–Crippen MR) is 107 cm³/mol. The van der Waals surface area contributed by atoms with Crippen LogP contribution in [0.1, 0.15) is 36.1 Å². The molecule has 0 unspecified atom stereocenters. The lowest BCUT2D eigenvalue weighted by Crippen LogP contribution is -2.14. The van der Waals surface area contributed by atoms with Crippen molar-refractivity contribution in [2.45, 2.75) is 42.0 Å². The molecule has 0 bridgehead atoms. The maximum atomic E-state index is 12.1. The molecule has 0 aliphatic heterocycles. The summed E-state index contributed by atoms with van der Waals surface area (Å²) >= 11 is 1.40. The SMILES string of the molecule is N#Cc1cc2c(nc1SCCC(=O)Nc1ccc(S(N)(=O)=O)cc1)CCCC2. The molecule has 146 valence electrons. The molecule has 28 heavy (non-hydrogen) atoms. The number of sulfonamides is 1. The molecule has 7 nitrogen and oxygen atoms in total. The summed E-state index contributed by atoms with van der Waals surface area (Å²) in [6, 6.07) is 9.79. The van der Waals surface area contributed by atoms with Crippen LogP contribution in [-0.2, 0) is 27.7 Å². The van der Waals surface area contributed by atoms with E-state index in [2.05, 4.69) is 16.4 Å². The number of carbonyl (C=O) groups is 1. The van der Waals surface area contributed by atoms with Gasteiger partial charge in [-0.25, -0.2) is 18.5 Å². The van der Waals surface area contributed by atoms with E-state index in [1.54, 1.807) is 0 Å². The first-order valence-corrected chi connectivity index (χ1v) is 11.4. The molecular formula is C19H20N4O3S2. The number of nitrogens with two attached hydrogens (primary N) is 1. The van der Waals surface area contributed by atoms with Crippen molar-refractivity contribution in [1.82, 2.24) is 4.98 Å². The number of nitrogens with zero attached hydrogens (tertiary/aromatic N) is 2. The molecule has 1 heterocycles. The van der Waals surface area contributed by atoms with E-state index in [9.17, 15) is 18.5 Å². The fourth-order valence-electron chi connectivity index (χ4n) is 3.00. The van der Waals surface area contributed by atoms with E-state index in [1.807, 2.05) is 6.07 Å². The number of hydrogen-bond acceptors (Lipinski definition) is 6. The maximum Gasteiger partial charge on any atom is 0.238 e. The summed E-state index contributed by atoms with van der Waals surface area (Å²) in [7, 11) is -3.76. The van der Waals surface area contributed by atoms with Crippen molar-refractivity contribution in [2.75, 3.05) is 11.1 Å². The van der Waals surface area contributed by atoms with Gasteiger partial charge in [0.1, 0.15) is 11.1 Å². The van der Waals surface area contributed by atoms with Crippen molar-refractivity contribution >= 4 is 33.4 Å². The number of thioether (sulfide) groups is 1. The molecule has 1 aliphatic carbocycles. The number of aromatic nitrogens is 1. The van der Waals surface area contributed by atoms with Crippen LogP contribution in [-0.4, -0.2) is 25.1 Å². The van der Waals surface area contributed by atoms with Crippen molar-refractivity contribution in [2.24, 2.45) is 5.14 Å². The topological polar surface area (TPSA) is 126 Å². The number of hydrogen-bond donors (Lipinski definition) is 2. The normalized spacial score (nSPS) is 13.4. The van der Waals surface area contributed by atoms with Crippen LogP contribution in [0.25, 0.3) is 0 Å². The monoisotopic (exact) mass is 416 g/mol. The van der Waals surface area contributed by atoms with Crippen molar-refractivity contribution in [3.05, 3.63) is 47.2 Å². The van der Waals surface area contributed by atoms with Crippen LogP contribution in [0.3, 0.4) is 0 Å². The quantitative estimate of drug-likeness (QED) is 0.697. The first-order chi connectivity index (χ1) is 13.4. The second kappa shape index (κ2) is 8.73. The molecule has 0 fully saturated rings. The number of primary sulfonamides is 1. The van der Waals surface area contributed by atoms with Gasteiger partial charge in [0, 0.05) is 23.6 Å². The molecule has 9 heteroatoms. The molecule has 0 saturated carbocycles. The molecule has 3 rings (SSSR count). The Bertz CT molecular complexity index is 1030. The minimum atomic E-state index is -3.76. The summed E-state index contributed by atoms with van der Waals surface area (Å²) in [6.45, 7) is 0. The zero-order valence-corrected chi connectivity index (χ0v) is 16.8. The van der Waals surface area contributed by atoms with Crippen LogP contribution in [0.4, 0.5) is 5.69 Å². The minimum absolute atomic E-state index is 0.0106. The lowest BCUT2D eigenvalue weighted by atomic mass is 9.95. The Morgan fingerprint density at radius 2 is 1.96 bits per heavy atom. The molecule has 0 saturated heterocycles. The van der Waals surface area contributed by atoms with Gasteiger partial charge in [0.25, 0.3) is 0 Å². The second-order valence-corrected chi connectivity index (χ2v) is 9.13. The largest absolute Gasteiger partial charge is 0.326 e. The van der Waals surface area contributed by atoms with E-state index < -0.39 is 10.0 Å². The van der Waals surface area contributed by atoms with Crippen molar-refractivity contribution in [3.63, 3.8) is 0 Å². The average Bonchev–Trinajstić information content (AvgIpc) is 2.67. The number of carbonyl (C=O) groups excluding carboxylic acids is 1. The van der Waals surface area contributed by atoms with Gasteiger partial charge in [-0.15, -0.1) is 11.8 Å². The zero-order valence-electron chi connectivity index (χ0n) is 15.1. The summed E-state index contributed by atoms with van der Waals surface area (Å²) < 4.78 is 22.5. The molecule has 0 spiro atoms. The molecule has 1 aliphatic rings. The number of nitrogens with one attached hydrogen (secondary N) is 1. The summed E-state index contributed by atoms with van der Waals surface area (Å²) in [6.07, 6.45) is 4.39. The van der Waals surface area contributed by atoms with Gasteiger partial charge < -0.3 is 5.32 Å². The van der Waals surface area contributed by atoms with Gasteiger partial charge in [0.15, 0.2) is 0 Å². The Labute approximate surface area is 168 Å². The highest BCUT2D eigenvalue weighted by atomic mass is 32.2. The van der Waals surface area contributed by atoms with Crippen LogP contribution in [0.5, 0.6) is 0 Å². The van der Waals surface area contributed by atoms with Crippen LogP contribution >= 0.6 is 11.8 Å². The van der Waals surface area contributed by atoms with E-state index in [0.717, 1.165) is 36.9 Å². The maximum absolute atomic E-state index is 12.1. The van der Waals surface area contributed by atoms with Crippen LogP contribution in [0.2, 0.25) is 0 Å². The van der Waals surface area contributed by atoms with Crippen molar-refractivity contribution in [1.29, 1.82) is 5.26 Å². The van der Waals surface area contributed by atoms with E-state index in [1.165, 1.54) is 36.0 Å². The van der Waals surface area contributed by atoms with Crippen molar-refractivity contribution in [3.8, 4) is 6.07 Å². The Morgan fingerprint density at radius 3 is 2.64 bits per heavy atom. The Hall–Kier alpha value is -2.41. The number of pyridine rings is 1. The average molecular weight is 417 g/mol.